The zero-order valence-electron chi connectivity index (χ0n) is 15.9. The quantitative estimate of drug-likeness (QED) is 0.374. The van der Waals surface area contributed by atoms with Gasteiger partial charge in [0, 0.05) is 16.7 Å². The van der Waals surface area contributed by atoms with E-state index in [1.807, 2.05) is 66.4 Å². The van der Waals surface area contributed by atoms with Crippen LogP contribution in [0.1, 0.15) is 16.8 Å². The highest BCUT2D eigenvalue weighted by Gasteiger charge is 2.16. The van der Waals surface area contributed by atoms with Crippen molar-refractivity contribution >= 4 is 23.7 Å². The van der Waals surface area contributed by atoms with Crippen molar-refractivity contribution in [2.75, 3.05) is 0 Å². The maximum Gasteiger partial charge on any atom is 0.114 e. The number of hydrogen-bond acceptors (Lipinski definition) is 3. The number of para-hydroxylation sites is 2. The first-order valence-corrected chi connectivity index (χ1v) is 10.0. The van der Waals surface area contributed by atoms with E-state index in [4.69, 9.17) is 5.10 Å². The van der Waals surface area contributed by atoms with Crippen LogP contribution in [-0.2, 0) is 0 Å². The molecular weight excluding hydrogens is 362 g/mol. The fourth-order valence-corrected chi connectivity index (χ4v) is 3.92. The van der Waals surface area contributed by atoms with Gasteiger partial charge in [0.25, 0.3) is 0 Å². The van der Waals surface area contributed by atoms with E-state index in [9.17, 15) is 0 Å². The number of aliphatic imine (C=N–C) groups is 1. The average Bonchev–Trinajstić information content (AvgIpc) is 3.05. The summed E-state index contributed by atoms with van der Waals surface area (Å²) < 4.78 is 2.01. The molecule has 4 rings (SSSR count). The van der Waals surface area contributed by atoms with E-state index < -0.39 is 0 Å². The van der Waals surface area contributed by atoms with Gasteiger partial charge < -0.3 is 0 Å². The Morgan fingerprint density at radius 1 is 0.821 bits per heavy atom. The average molecular weight is 384 g/mol. The molecule has 4 heteroatoms. The molecule has 0 radical (unpaired) electrons. The third-order valence-electron chi connectivity index (χ3n) is 4.40. The van der Waals surface area contributed by atoms with Crippen LogP contribution in [0.4, 0.5) is 5.69 Å². The Bertz CT molecular complexity index is 1080. The molecule has 0 atom stereocenters. The SMILES string of the molecule is Cc1ccc(Sc2c(C=Nc3ccccc3)c(C)nn2-c2ccccc2)cc1. The Hall–Kier alpha value is -3.11. The zero-order valence-corrected chi connectivity index (χ0v) is 16.7. The molecule has 0 aliphatic carbocycles. The van der Waals surface area contributed by atoms with Crippen molar-refractivity contribution in [1.29, 1.82) is 0 Å². The Labute approximate surface area is 169 Å². The summed E-state index contributed by atoms with van der Waals surface area (Å²) >= 11 is 1.71. The summed E-state index contributed by atoms with van der Waals surface area (Å²) in [6.07, 6.45) is 1.92. The van der Waals surface area contributed by atoms with Gasteiger partial charge in [-0.2, -0.15) is 5.10 Å². The van der Waals surface area contributed by atoms with Gasteiger partial charge in [0.2, 0.25) is 0 Å². The van der Waals surface area contributed by atoms with Crippen LogP contribution < -0.4 is 0 Å². The number of hydrogen-bond donors (Lipinski definition) is 0. The summed E-state index contributed by atoms with van der Waals surface area (Å²) in [5, 5.41) is 5.87. The molecule has 4 aromatic rings. The van der Waals surface area contributed by atoms with E-state index in [2.05, 4.69) is 48.3 Å². The molecule has 0 bridgehead atoms. The first-order valence-electron chi connectivity index (χ1n) is 9.19. The monoisotopic (exact) mass is 383 g/mol. The summed E-state index contributed by atoms with van der Waals surface area (Å²) in [4.78, 5) is 5.85. The molecule has 138 valence electrons. The van der Waals surface area contributed by atoms with E-state index in [1.165, 1.54) is 10.5 Å². The molecule has 0 N–H and O–H groups in total. The van der Waals surface area contributed by atoms with Gasteiger partial charge in [0.15, 0.2) is 0 Å². The minimum atomic E-state index is 0.931. The number of aryl methyl sites for hydroxylation is 2. The first-order chi connectivity index (χ1) is 13.7. The van der Waals surface area contributed by atoms with Crippen LogP contribution in [0.25, 0.3) is 5.69 Å². The molecule has 0 fully saturated rings. The normalized spacial score (nSPS) is 11.2. The summed E-state index contributed by atoms with van der Waals surface area (Å²) in [6.45, 7) is 4.13. The highest BCUT2D eigenvalue weighted by Crippen LogP contribution is 2.33. The lowest BCUT2D eigenvalue weighted by atomic mass is 10.2. The van der Waals surface area contributed by atoms with E-state index in [0.29, 0.717) is 0 Å². The highest BCUT2D eigenvalue weighted by atomic mass is 32.2. The fourth-order valence-electron chi connectivity index (χ4n) is 2.88. The lowest BCUT2D eigenvalue weighted by Crippen LogP contribution is -1.98. The van der Waals surface area contributed by atoms with Crippen LogP contribution in [-0.4, -0.2) is 16.0 Å². The first kappa shape index (κ1) is 18.3. The maximum atomic E-state index is 4.81. The lowest BCUT2D eigenvalue weighted by Gasteiger charge is -2.08. The smallest absolute Gasteiger partial charge is 0.114 e. The second-order valence-electron chi connectivity index (χ2n) is 6.56. The van der Waals surface area contributed by atoms with Gasteiger partial charge in [-0.05, 0) is 50.2 Å². The van der Waals surface area contributed by atoms with E-state index in [0.717, 1.165) is 27.7 Å². The fraction of sp³-hybridized carbons (Fsp3) is 0.0833. The molecule has 1 heterocycles. The molecule has 1 aromatic heterocycles. The van der Waals surface area contributed by atoms with Crippen LogP contribution >= 0.6 is 11.8 Å². The van der Waals surface area contributed by atoms with Crippen LogP contribution in [0, 0.1) is 13.8 Å². The second kappa shape index (κ2) is 8.28. The van der Waals surface area contributed by atoms with Crippen molar-refractivity contribution in [3.05, 3.63) is 102 Å². The minimum Gasteiger partial charge on any atom is -0.256 e. The molecule has 0 spiro atoms. The van der Waals surface area contributed by atoms with Crippen molar-refractivity contribution in [2.24, 2.45) is 4.99 Å². The predicted molar refractivity (Wildman–Crippen MR) is 117 cm³/mol. The van der Waals surface area contributed by atoms with Gasteiger partial charge in [0.05, 0.1) is 17.1 Å². The van der Waals surface area contributed by atoms with Gasteiger partial charge in [-0.3, -0.25) is 4.99 Å². The van der Waals surface area contributed by atoms with Crippen LogP contribution in [0.5, 0.6) is 0 Å². The molecule has 0 saturated heterocycles. The van der Waals surface area contributed by atoms with Crippen molar-refractivity contribution in [1.82, 2.24) is 9.78 Å². The molecule has 0 amide bonds. The van der Waals surface area contributed by atoms with Gasteiger partial charge in [0.1, 0.15) is 5.03 Å². The standard InChI is InChI=1S/C24H21N3S/c1-18-13-15-22(16-14-18)28-24-23(17-25-20-9-5-3-6-10-20)19(2)26-27(24)21-11-7-4-8-12-21/h3-17H,1-2H3. The number of benzene rings is 3. The Morgan fingerprint density at radius 2 is 1.46 bits per heavy atom. The molecule has 0 aliphatic heterocycles. The summed E-state index contributed by atoms with van der Waals surface area (Å²) in [6, 6.07) is 28.8. The van der Waals surface area contributed by atoms with E-state index in [-0.39, 0.29) is 0 Å². The molecule has 0 saturated carbocycles. The summed E-state index contributed by atoms with van der Waals surface area (Å²) in [5.74, 6) is 0. The van der Waals surface area contributed by atoms with Gasteiger partial charge >= 0.3 is 0 Å². The molecule has 28 heavy (non-hydrogen) atoms. The van der Waals surface area contributed by atoms with E-state index in [1.54, 1.807) is 11.8 Å². The predicted octanol–water partition coefficient (Wildman–Crippen LogP) is 6.39. The lowest BCUT2D eigenvalue weighted by molar-refractivity contribution is 0.793. The largest absolute Gasteiger partial charge is 0.256 e. The molecule has 0 unspecified atom stereocenters. The molecule has 3 nitrogen and oxygen atoms in total. The third kappa shape index (κ3) is 4.07. The Kier molecular flexibility index (Phi) is 5.40. The molecular formula is C24H21N3S. The van der Waals surface area contributed by atoms with Gasteiger partial charge in [-0.25, -0.2) is 4.68 Å². The zero-order chi connectivity index (χ0) is 19.3. The van der Waals surface area contributed by atoms with E-state index >= 15 is 0 Å². The highest BCUT2D eigenvalue weighted by molar-refractivity contribution is 7.99. The number of rotatable bonds is 5. The minimum absolute atomic E-state index is 0.931. The van der Waals surface area contributed by atoms with Crippen molar-refractivity contribution in [2.45, 2.75) is 23.8 Å². The van der Waals surface area contributed by atoms with Crippen LogP contribution in [0.2, 0.25) is 0 Å². The van der Waals surface area contributed by atoms with Gasteiger partial charge in [-0.15, -0.1) is 0 Å². The van der Waals surface area contributed by atoms with Crippen LogP contribution in [0.3, 0.4) is 0 Å². The summed E-state index contributed by atoms with van der Waals surface area (Å²) in [7, 11) is 0. The van der Waals surface area contributed by atoms with Crippen molar-refractivity contribution in [3.8, 4) is 5.69 Å². The molecule has 0 aliphatic rings. The number of aromatic nitrogens is 2. The third-order valence-corrected chi connectivity index (χ3v) is 5.49. The maximum absolute atomic E-state index is 4.81. The Morgan fingerprint density at radius 3 is 2.14 bits per heavy atom. The van der Waals surface area contributed by atoms with Crippen molar-refractivity contribution < 1.29 is 0 Å². The number of nitrogens with zero attached hydrogens (tertiary/aromatic N) is 3. The second-order valence-corrected chi connectivity index (χ2v) is 7.62. The molecule has 3 aromatic carbocycles. The topological polar surface area (TPSA) is 30.2 Å². The summed E-state index contributed by atoms with van der Waals surface area (Å²) in [5.41, 5.74) is 5.22. The van der Waals surface area contributed by atoms with Crippen molar-refractivity contribution in [3.63, 3.8) is 0 Å². The Balaban J connectivity index is 1.79. The van der Waals surface area contributed by atoms with Crippen LogP contribution in [0.15, 0.2) is 99.8 Å². The van der Waals surface area contributed by atoms with Gasteiger partial charge in [-0.1, -0.05) is 65.9 Å².